The second-order valence-corrected chi connectivity index (χ2v) is 10.3. The van der Waals surface area contributed by atoms with Gasteiger partial charge in [0, 0.05) is 33.9 Å². The molecule has 2 aromatic heterocycles. The first-order valence-corrected chi connectivity index (χ1v) is 12.3. The molecule has 1 atom stereocenters. The van der Waals surface area contributed by atoms with Crippen molar-refractivity contribution in [1.82, 2.24) is 9.97 Å². The van der Waals surface area contributed by atoms with E-state index in [0.717, 1.165) is 17.7 Å². The normalized spacial score (nSPS) is 12.6. The number of halogens is 3. The molecule has 0 fully saturated rings. The van der Waals surface area contributed by atoms with Gasteiger partial charge < -0.3 is 4.98 Å². The number of ketones is 1. The monoisotopic (exact) mass is 503 g/mol. The summed E-state index contributed by atoms with van der Waals surface area (Å²) in [6.45, 7) is 3.14. The van der Waals surface area contributed by atoms with E-state index in [1.54, 1.807) is 43.5 Å². The van der Waals surface area contributed by atoms with Crippen LogP contribution in [0.4, 0.5) is 14.5 Å². The maximum Gasteiger partial charge on any atom is 0.235 e. The number of carbonyl (C=O) groups excluding carboxylic acids is 1. The molecule has 10 heteroatoms. The van der Waals surface area contributed by atoms with E-state index in [9.17, 15) is 17.6 Å². The van der Waals surface area contributed by atoms with Crippen molar-refractivity contribution in [3.8, 4) is 11.1 Å². The van der Waals surface area contributed by atoms with Gasteiger partial charge in [-0.1, -0.05) is 30.7 Å². The van der Waals surface area contributed by atoms with Crippen LogP contribution in [0.3, 0.4) is 0 Å². The molecule has 2 aromatic carbocycles. The molecule has 34 heavy (non-hydrogen) atoms. The molecule has 4 rings (SSSR count). The first-order chi connectivity index (χ1) is 16.1. The topological polar surface area (TPSA) is 91.9 Å². The molecular weight excluding hydrogens is 484 g/mol. The molecule has 0 bridgehead atoms. The lowest BCUT2D eigenvalue weighted by Gasteiger charge is -2.15. The number of anilines is 1. The lowest BCUT2D eigenvalue weighted by Crippen LogP contribution is -2.25. The number of benzene rings is 2. The van der Waals surface area contributed by atoms with Crippen molar-refractivity contribution in [3.05, 3.63) is 82.6 Å². The predicted octanol–water partition coefficient (Wildman–Crippen LogP) is 5.93. The Morgan fingerprint density at radius 1 is 1.15 bits per heavy atom. The van der Waals surface area contributed by atoms with Crippen LogP contribution in [-0.4, -0.2) is 29.4 Å². The second kappa shape index (κ2) is 9.15. The van der Waals surface area contributed by atoms with Crippen molar-refractivity contribution < 1.29 is 22.0 Å². The number of fused-ring (bicyclic) bond motifs is 1. The van der Waals surface area contributed by atoms with E-state index in [2.05, 4.69) is 14.7 Å². The molecule has 6 nitrogen and oxygen atoms in total. The summed E-state index contributed by atoms with van der Waals surface area (Å²) in [5.74, 6) is -3.33. The highest BCUT2D eigenvalue weighted by Gasteiger charge is 2.27. The van der Waals surface area contributed by atoms with Crippen LogP contribution in [0, 0.1) is 11.6 Å². The summed E-state index contributed by atoms with van der Waals surface area (Å²) in [4.78, 5) is 20.4. The van der Waals surface area contributed by atoms with Gasteiger partial charge in [-0.05, 0) is 49.2 Å². The Kier molecular flexibility index (Phi) is 6.42. The Morgan fingerprint density at radius 3 is 2.53 bits per heavy atom. The third-order valence-electron chi connectivity index (χ3n) is 5.63. The zero-order valence-corrected chi connectivity index (χ0v) is 19.8. The highest BCUT2D eigenvalue weighted by atomic mass is 35.5. The van der Waals surface area contributed by atoms with Crippen molar-refractivity contribution >= 4 is 44.1 Å². The minimum absolute atomic E-state index is 0.00181. The largest absolute Gasteiger partial charge is 0.345 e. The minimum atomic E-state index is -3.92. The zero-order chi connectivity index (χ0) is 24.6. The molecule has 176 valence electrons. The van der Waals surface area contributed by atoms with Gasteiger partial charge in [-0.3, -0.25) is 9.52 Å². The third-order valence-corrected chi connectivity index (χ3v) is 7.78. The average molecular weight is 504 g/mol. The van der Waals surface area contributed by atoms with E-state index in [1.165, 1.54) is 13.1 Å². The standard InChI is InChI=1S/C24H20ClF2N3O3S/c1-3-13(2)34(32,33)30-20-9-8-19(26)21(22(20)27)23(31)18-12-29-24-17(18)10-15(11-28-24)14-4-6-16(25)7-5-14/h4-13,30H,3H2,1-2H3,(H,28,29). The summed E-state index contributed by atoms with van der Waals surface area (Å²) >= 11 is 5.94. The summed E-state index contributed by atoms with van der Waals surface area (Å²) in [7, 11) is -3.92. The average Bonchev–Trinajstić information content (AvgIpc) is 3.24. The molecule has 0 saturated heterocycles. The molecule has 0 spiro atoms. The lowest BCUT2D eigenvalue weighted by molar-refractivity contribution is 0.103. The van der Waals surface area contributed by atoms with Crippen LogP contribution in [0.25, 0.3) is 22.2 Å². The molecule has 4 aromatic rings. The van der Waals surface area contributed by atoms with Gasteiger partial charge >= 0.3 is 0 Å². The first kappa shape index (κ1) is 23.8. The SMILES string of the molecule is CCC(C)S(=O)(=O)Nc1ccc(F)c(C(=O)c2c[nH]c3ncc(-c4ccc(Cl)cc4)cc23)c1F. The van der Waals surface area contributed by atoms with Gasteiger partial charge in [0.15, 0.2) is 5.82 Å². The maximum absolute atomic E-state index is 15.2. The molecule has 0 amide bonds. The number of sulfonamides is 1. The fourth-order valence-electron chi connectivity index (χ4n) is 3.44. The van der Waals surface area contributed by atoms with Crippen LogP contribution >= 0.6 is 11.6 Å². The van der Waals surface area contributed by atoms with E-state index in [-0.39, 0.29) is 5.56 Å². The number of aromatic amines is 1. The van der Waals surface area contributed by atoms with Crippen LogP contribution in [0.15, 0.2) is 54.9 Å². The highest BCUT2D eigenvalue weighted by Crippen LogP contribution is 2.30. The number of hydrogen-bond acceptors (Lipinski definition) is 4. The molecular formula is C24H20ClF2N3O3S. The minimum Gasteiger partial charge on any atom is -0.345 e. The van der Waals surface area contributed by atoms with Gasteiger partial charge in [-0.2, -0.15) is 0 Å². The van der Waals surface area contributed by atoms with Crippen LogP contribution in [-0.2, 0) is 10.0 Å². The number of nitrogens with one attached hydrogen (secondary N) is 2. The predicted molar refractivity (Wildman–Crippen MR) is 129 cm³/mol. The molecule has 2 N–H and O–H groups in total. The molecule has 0 aliphatic rings. The number of carbonyl (C=O) groups is 1. The molecule has 0 saturated carbocycles. The number of aromatic nitrogens is 2. The molecule has 0 radical (unpaired) electrons. The van der Waals surface area contributed by atoms with Gasteiger partial charge in [0.2, 0.25) is 15.8 Å². The van der Waals surface area contributed by atoms with Crippen LogP contribution in [0.1, 0.15) is 36.2 Å². The molecule has 1 unspecified atom stereocenters. The summed E-state index contributed by atoms with van der Waals surface area (Å²) in [6, 6.07) is 10.5. The number of rotatable bonds is 7. The lowest BCUT2D eigenvalue weighted by atomic mass is 10.00. The number of pyridine rings is 1. The number of hydrogen-bond donors (Lipinski definition) is 2. The van der Waals surface area contributed by atoms with Gasteiger partial charge in [0.05, 0.1) is 16.5 Å². The van der Waals surface area contributed by atoms with Crippen LogP contribution < -0.4 is 4.72 Å². The number of nitrogens with zero attached hydrogens (tertiary/aromatic N) is 1. The van der Waals surface area contributed by atoms with E-state index >= 15 is 4.39 Å². The Hall–Kier alpha value is -3.30. The van der Waals surface area contributed by atoms with Gasteiger partial charge in [0.25, 0.3) is 0 Å². The van der Waals surface area contributed by atoms with Crippen molar-refractivity contribution in [2.75, 3.05) is 4.72 Å². The highest BCUT2D eigenvalue weighted by molar-refractivity contribution is 7.93. The summed E-state index contributed by atoms with van der Waals surface area (Å²) in [6.07, 6.45) is 3.21. The van der Waals surface area contributed by atoms with Crippen LogP contribution in [0.2, 0.25) is 5.02 Å². The van der Waals surface area contributed by atoms with Crippen LogP contribution in [0.5, 0.6) is 0 Å². The Balaban J connectivity index is 1.78. The quantitative estimate of drug-likeness (QED) is 0.306. The summed E-state index contributed by atoms with van der Waals surface area (Å²) < 4.78 is 56.7. The summed E-state index contributed by atoms with van der Waals surface area (Å²) in [5, 5.41) is 0.119. The Morgan fingerprint density at radius 2 is 1.85 bits per heavy atom. The van der Waals surface area contributed by atoms with Gasteiger partial charge in [0.1, 0.15) is 11.5 Å². The Labute approximate surface area is 200 Å². The fraction of sp³-hybridized carbons (Fsp3) is 0.167. The van der Waals surface area contributed by atoms with Gasteiger partial charge in [-0.25, -0.2) is 22.2 Å². The third kappa shape index (κ3) is 4.41. The summed E-state index contributed by atoms with van der Waals surface area (Å²) in [5.41, 5.74) is 0.464. The maximum atomic E-state index is 15.2. The first-order valence-electron chi connectivity index (χ1n) is 10.4. The van der Waals surface area contributed by atoms with Crippen molar-refractivity contribution in [2.45, 2.75) is 25.5 Å². The molecule has 2 heterocycles. The number of H-pyrrole nitrogens is 1. The fourth-order valence-corrected chi connectivity index (χ4v) is 4.67. The van der Waals surface area contributed by atoms with Crippen molar-refractivity contribution in [1.29, 1.82) is 0 Å². The van der Waals surface area contributed by atoms with Gasteiger partial charge in [-0.15, -0.1) is 0 Å². The van der Waals surface area contributed by atoms with E-state index in [4.69, 9.17) is 11.6 Å². The van der Waals surface area contributed by atoms with E-state index in [1.807, 2.05) is 0 Å². The zero-order valence-electron chi connectivity index (χ0n) is 18.2. The smallest absolute Gasteiger partial charge is 0.235 e. The Bertz CT molecular complexity index is 1500. The molecule has 0 aliphatic carbocycles. The second-order valence-electron chi connectivity index (χ2n) is 7.81. The van der Waals surface area contributed by atoms with E-state index in [0.29, 0.717) is 28.0 Å². The van der Waals surface area contributed by atoms with Crippen molar-refractivity contribution in [3.63, 3.8) is 0 Å². The molecule has 0 aliphatic heterocycles. The van der Waals surface area contributed by atoms with E-state index < -0.39 is 43.9 Å². The van der Waals surface area contributed by atoms with Crippen molar-refractivity contribution in [2.24, 2.45) is 0 Å².